The van der Waals surface area contributed by atoms with Crippen LogP contribution in [0, 0.1) is 0 Å². The Morgan fingerprint density at radius 1 is 1.21 bits per heavy atom. The highest BCUT2D eigenvalue weighted by atomic mass is 16.2. The number of hydrazone groups is 1. The van der Waals surface area contributed by atoms with Crippen molar-refractivity contribution < 1.29 is 4.79 Å². The number of benzene rings is 2. The zero-order valence-electron chi connectivity index (χ0n) is 15.3. The van der Waals surface area contributed by atoms with Crippen LogP contribution in [0.3, 0.4) is 0 Å². The van der Waals surface area contributed by atoms with Crippen LogP contribution in [-0.2, 0) is 17.8 Å². The van der Waals surface area contributed by atoms with Crippen LogP contribution < -0.4 is 5.43 Å². The van der Waals surface area contributed by atoms with Crippen molar-refractivity contribution in [3.63, 3.8) is 0 Å². The van der Waals surface area contributed by atoms with Gasteiger partial charge in [0.1, 0.15) is 6.54 Å². The lowest BCUT2D eigenvalue weighted by atomic mass is 10.1. The van der Waals surface area contributed by atoms with Gasteiger partial charge in [-0.25, -0.2) is 5.43 Å². The summed E-state index contributed by atoms with van der Waals surface area (Å²) in [5, 5.41) is 17.2. The fraction of sp³-hybridized carbons (Fsp3) is 0.150. The normalized spacial score (nSPS) is 11.3. The number of carbonyl (C=O) groups is 1. The first kappa shape index (κ1) is 17.6. The molecule has 2 aromatic heterocycles. The van der Waals surface area contributed by atoms with Crippen molar-refractivity contribution >= 4 is 23.0 Å². The van der Waals surface area contributed by atoms with Crippen LogP contribution in [0.2, 0.25) is 0 Å². The monoisotopic (exact) mass is 373 g/mol. The molecule has 0 bridgehead atoms. The molecule has 4 aromatic rings. The minimum absolute atomic E-state index is 0.0644. The molecule has 8 heteroatoms. The Labute approximate surface area is 161 Å². The van der Waals surface area contributed by atoms with E-state index in [1.807, 2.05) is 48.7 Å². The molecule has 4 rings (SSSR count). The third-order valence-electron chi connectivity index (χ3n) is 4.38. The zero-order chi connectivity index (χ0) is 19.3. The summed E-state index contributed by atoms with van der Waals surface area (Å²) in [6, 6.07) is 15.6. The maximum Gasteiger partial charge on any atom is 0.263 e. The van der Waals surface area contributed by atoms with Gasteiger partial charge < -0.3 is 4.98 Å². The zero-order valence-corrected chi connectivity index (χ0v) is 15.3. The van der Waals surface area contributed by atoms with Crippen molar-refractivity contribution in [2.45, 2.75) is 19.9 Å². The molecule has 8 nitrogen and oxygen atoms in total. The van der Waals surface area contributed by atoms with E-state index >= 15 is 0 Å². The SMILES string of the molecule is CCc1cccc2c(C=NNC(=O)Cn3nnc(-c4ccccc4)n3)c[nH]c12. The van der Waals surface area contributed by atoms with Crippen LogP contribution in [0.5, 0.6) is 0 Å². The fourth-order valence-corrected chi connectivity index (χ4v) is 2.99. The number of hydrogen-bond acceptors (Lipinski definition) is 5. The third kappa shape index (κ3) is 3.66. The molecule has 2 N–H and O–H groups in total. The largest absolute Gasteiger partial charge is 0.360 e. The van der Waals surface area contributed by atoms with Crippen molar-refractivity contribution in [1.29, 1.82) is 0 Å². The van der Waals surface area contributed by atoms with Gasteiger partial charge in [-0.2, -0.15) is 9.90 Å². The molecule has 140 valence electrons. The van der Waals surface area contributed by atoms with Gasteiger partial charge in [0.05, 0.1) is 6.21 Å². The second-order valence-electron chi connectivity index (χ2n) is 6.24. The van der Waals surface area contributed by atoms with Gasteiger partial charge in [-0.1, -0.05) is 55.5 Å². The van der Waals surface area contributed by atoms with Crippen LogP contribution in [0.25, 0.3) is 22.3 Å². The number of para-hydroxylation sites is 1. The molecule has 0 saturated heterocycles. The molecule has 28 heavy (non-hydrogen) atoms. The van der Waals surface area contributed by atoms with E-state index in [1.54, 1.807) is 6.21 Å². The first-order valence-electron chi connectivity index (χ1n) is 8.98. The van der Waals surface area contributed by atoms with Gasteiger partial charge in [-0.05, 0) is 17.2 Å². The van der Waals surface area contributed by atoms with Gasteiger partial charge >= 0.3 is 0 Å². The summed E-state index contributed by atoms with van der Waals surface area (Å²) in [4.78, 5) is 16.6. The van der Waals surface area contributed by atoms with Crippen LogP contribution in [0.4, 0.5) is 0 Å². The van der Waals surface area contributed by atoms with Gasteiger partial charge in [0, 0.05) is 28.2 Å². The Balaban J connectivity index is 1.39. The summed E-state index contributed by atoms with van der Waals surface area (Å²) in [7, 11) is 0. The Bertz CT molecular complexity index is 1130. The number of H-pyrrole nitrogens is 1. The molecule has 0 aliphatic carbocycles. The highest BCUT2D eigenvalue weighted by Crippen LogP contribution is 2.20. The van der Waals surface area contributed by atoms with E-state index < -0.39 is 0 Å². The molecule has 0 aliphatic rings. The molecule has 0 radical (unpaired) electrons. The average molecular weight is 373 g/mol. The lowest BCUT2D eigenvalue weighted by molar-refractivity contribution is -0.122. The van der Waals surface area contributed by atoms with E-state index in [4.69, 9.17) is 0 Å². The third-order valence-corrected chi connectivity index (χ3v) is 4.38. The smallest absolute Gasteiger partial charge is 0.263 e. The maximum atomic E-state index is 12.1. The number of rotatable bonds is 6. The number of nitrogens with one attached hydrogen (secondary N) is 2. The molecule has 2 heterocycles. The Kier molecular flexibility index (Phi) is 4.92. The standard InChI is InChI=1S/C20H19N7O/c1-2-14-9-6-10-17-16(11-21-19(14)17)12-22-23-18(28)13-27-25-20(24-26-27)15-7-4-3-5-8-15/h3-12,21H,2,13H2,1H3,(H,23,28). The van der Waals surface area contributed by atoms with E-state index in [2.05, 4.69) is 43.9 Å². The second kappa shape index (κ2) is 7.83. The molecule has 0 aliphatic heterocycles. The van der Waals surface area contributed by atoms with Crippen molar-refractivity contribution in [3.05, 3.63) is 65.9 Å². The highest BCUT2D eigenvalue weighted by molar-refractivity contribution is 6.00. The van der Waals surface area contributed by atoms with Gasteiger partial charge in [-0.3, -0.25) is 4.79 Å². The quantitative estimate of drug-likeness (QED) is 0.401. The predicted octanol–water partition coefficient (Wildman–Crippen LogP) is 2.53. The summed E-state index contributed by atoms with van der Waals surface area (Å²) in [6.07, 6.45) is 4.45. The fourth-order valence-electron chi connectivity index (χ4n) is 2.99. The second-order valence-corrected chi connectivity index (χ2v) is 6.24. The number of hydrogen-bond donors (Lipinski definition) is 2. The first-order chi connectivity index (χ1) is 13.7. The van der Waals surface area contributed by atoms with Crippen LogP contribution >= 0.6 is 0 Å². The Hall–Kier alpha value is -3.81. The number of fused-ring (bicyclic) bond motifs is 1. The molecular weight excluding hydrogens is 354 g/mol. The summed E-state index contributed by atoms with van der Waals surface area (Å²) >= 11 is 0. The number of nitrogens with zero attached hydrogens (tertiary/aromatic N) is 5. The van der Waals surface area contributed by atoms with Gasteiger partial charge in [0.15, 0.2) is 0 Å². The molecule has 0 saturated carbocycles. The Morgan fingerprint density at radius 2 is 2.07 bits per heavy atom. The number of amides is 1. The van der Waals surface area contributed by atoms with Crippen LogP contribution in [0.15, 0.2) is 59.8 Å². The lowest BCUT2D eigenvalue weighted by Crippen LogP contribution is -2.24. The highest BCUT2D eigenvalue weighted by Gasteiger charge is 2.09. The molecule has 0 atom stereocenters. The van der Waals surface area contributed by atoms with Crippen LogP contribution in [0.1, 0.15) is 18.1 Å². The van der Waals surface area contributed by atoms with Crippen molar-refractivity contribution in [1.82, 2.24) is 30.6 Å². The maximum absolute atomic E-state index is 12.1. The average Bonchev–Trinajstić information content (AvgIpc) is 3.36. The molecule has 0 fully saturated rings. The van der Waals surface area contributed by atoms with Gasteiger partial charge in [0.2, 0.25) is 5.82 Å². The molecule has 2 aromatic carbocycles. The molecule has 0 unspecified atom stereocenters. The van der Waals surface area contributed by atoms with E-state index in [9.17, 15) is 4.79 Å². The lowest BCUT2D eigenvalue weighted by Gasteiger charge is -1.99. The summed E-state index contributed by atoms with van der Waals surface area (Å²) in [6.45, 7) is 2.05. The van der Waals surface area contributed by atoms with E-state index in [-0.39, 0.29) is 12.5 Å². The van der Waals surface area contributed by atoms with E-state index in [1.165, 1.54) is 10.4 Å². The van der Waals surface area contributed by atoms with E-state index in [0.29, 0.717) is 5.82 Å². The summed E-state index contributed by atoms with van der Waals surface area (Å²) in [5.41, 5.74) is 6.60. The Morgan fingerprint density at radius 3 is 2.89 bits per heavy atom. The summed E-state index contributed by atoms with van der Waals surface area (Å²) < 4.78 is 0. The molecular formula is C20H19N7O. The number of carbonyl (C=O) groups excluding carboxylic acids is 1. The topological polar surface area (TPSA) is 101 Å². The van der Waals surface area contributed by atoms with E-state index in [0.717, 1.165) is 28.5 Å². The minimum Gasteiger partial charge on any atom is -0.360 e. The number of tetrazole rings is 1. The number of aromatic nitrogens is 5. The van der Waals surface area contributed by atoms with Crippen LogP contribution in [-0.4, -0.2) is 37.3 Å². The van der Waals surface area contributed by atoms with Crippen molar-refractivity contribution in [2.75, 3.05) is 0 Å². The predicted molar refractivity (Wildman–Crippen MR) is 107 cm³/mol. The number of aromatic amines is 1. The van der Waals surface area contributed by atoms with Gasteiger partial charge in [-0.15, -0.1) is 10.2 Å². The summed E-state index contributed by atoms with van der Waals surface area (Å²) in [5.74, 6) is 0.143. The van der Waals surface area contributed by atoms with Crippen molar-refractivity contribution in [3.8, 4) is 11.4 Å². The number of aryl methyl sites for hydroxylation is 1. The van der Waals surface area contributed by atoms with Crippen molar-refractivity contribution in [2.24, 2.45) is 5.10 Å². The molecule has 1 amide bonds. The van der Waals surface area contributed by atoms with Gasteiger partial charge in [0.25, 0.3) is 5.91 Å². The minimum atomic E-state index is -0.331. The first-order valence-corrected chi connectivity index (χ1v) is 8.98. The molecule has 0 spiro atoms.